The summed E-state index contributed by atoms with van der Waals surface area (Å²) in [5.74, 6) is 3.08. The summed E-state index contributed by atoms with van der Waals surface area (Å²) in [6.45, 7) is 26.1. The summed E-state index contributed by atoms with van der Waals surface area (Å²) in [5.41, 5.74) is 19.8. The fourth-order valence-corrected chi connectivity index (χ4v) is 12.3. The molecule has 0 saturated heterocycles. The first kappa shape index (κ1) is 53.0. The number of rotatable bonds is 13. The van der Waals surface area contributed by atoms with Crippen molar-refractivity contribution in [2.24, 2.45) is 0 Å². The zero-order chi connectivity index (χ0) is 56.4. The van der Waals surface area contributed by atoms with Crippen LogP contribution in [0.2, 0.25) is 0 Å². The van der Waals surface area contributed by atoms with Gasteiger partial charge in [-0.25, -0.2) is 4.98 Å². The molecule has 9 aromatic carbocycles. The third kappa shape index (κ3) is 9.88. The summed E-state index contributed by atoms with van der Waals surface area (Å²) in [4.78, 5) is 10.1. The molecule has 1 aliphatic rings. The molecule has 0 saturated carbocycles. The molecule has 5 heteroatoms. The van der Waals surface area contributed by atoms with Crippen molar-refractivity contribution in [3.63, 3.8) is 0 Å². The van der Waals surface area contributed by atoms with Crippen molar-refractivity contribution in [1.82, 2.24) is 9.55 Å². The van der Waals surface area contributed by atoms with Crippen molar-refractivity contribution in [3.05, 3.63) is 264 Å². The van der Waals surface area contributed by atoms with Gasteiger partial charge in [-0.2, -0.15) is 0 Å². The monoisotopic (exact) mass is 1060 g/mol. The molecule has 12 rings (SSSR count). The predicted molar refractivity (Wildman–Crippen MR) is 342 cm³/mol. The van der Waals surface area contributed by atoms with E-state index in [0.717, 1.165) is 62.0 Å². The normalized spacial score (nSPS) is 13.0. The van der Waals surface area contributed by atoms with Crippen molar-refractivity contribution in [2.45, 2.75) is 104 Å². The van der Waals surface area contributed by atoms with Crippen LogP contribution in [0.15, 0.2) is 225 Å². The lowest BCUT2D eigenvalue weighted by molar-refractivity contribution is 0.480. The Morgan fingerprint density at radius 2 is 1.00 bits per heavy atom. The second-order valence-electron chi connectivity index (χ2n) is 24.9. The quantitative estimate of drug-likeness (QED) is 0.115. The number of ether oxygens (including phenoxy) is 1. The summed E-state index contributed by atoms with van der Waals surface area (Å²) in [6.07, 6.45) is 1.95. The molecule has 1 aliphatic heterocycles. The largest absolute Gasteiger partial charge is 0.457 e. The molecule has 0 unspecified atom stereocenters. The first-order valence-electron chi connectivity index (χ1n) is 28.9. The summed E-state index contributed by atoms with van der Waals surface area (Å²) < 4.78 is 9.60. The summed E-state index contributed by atoms with van der Waals surface area (Å²) >= 11 is 0. The minimum atomic E-state index is -0.381. The zero-order valence-corrected chi connectivity index (χ0v) is 48.9. The number of anilines is 4. The Labute approximate surface area is 480 Å². The van der Waals surface area contributed by atoms with Gasteiger partial charge in [0.05, 0.1) is 22.4 Å². The molecule has 3 heterocycles. The van der Waals surface area contributed by atoms with Gasteiger partial charge in [0.2, 0.25) is 0 Å². The fourth-order valence-electron chi connectivity index (χ4n) is 12.3. The van der Waals surface area contributed by atoms with Crippen molar-refractivity contribution in [3.8, 4) is 39.6 Å². The number of benzene rings is 9. The van der Waals surface area contributed by atoms with Crippen LogP contribution in [0.3, 0.4) is 0 Å². The highest BCUT2D eigenvalue weighted by molar-refractivity contribution is 6.09. The van der Waals surface area contributed by atoms with Crippen LogP contribution in [0.1, 0.15) is 127 Å². The van der Waals surface area contributed by atoms with Crippen molar-refractivity contribution < 1.29 is 4.74 Å². The van der Waals surface area contributed by atoms with E-state index in [2.05, 4.69) is 309 Å². The third-order valence-corrected chi connectivity index (χ3v) is 17.2. The minimum absolute atomic E-state index is 0.0831. The summed E-state index contributed by atoms with van der Waals surface area (Å²) in [6, 6.07) is 80.2. The van der Waals surface area contributed by atoms with Gasteiger partial charge in [0.1, 0.15) is 24.0 Å². The molecule has 0 amide bonds. The second-order valence-corrected chi connectivity index (χ2v) is 24.9. The predicted octanol–water partition coefficient (Wildman–Crippen LogP) is 20.7. The molecule has 0 atom stereocenters. The first-order valence-corrected chi connectivity index (χ1v) is 28.9. The van der Waals surface area contributed by atoms with Crippen LogP contribution < -0.4 is 14.5 Å². The molecule has 0 radical (unpaired) electrons. The molecule has 2 aromatic heterocycles. The van der Waals surface area contributed by atoms with Crippen LogP contribution in [0.25, 0.3) is 49.9 Å². The maximum absolute atomic E-state index is 7.30. The lowest BCUT2D eigenvalue weighted by Gasteiger charge is -2.30. The van der Waals surface area contributed by atoms with E-state index < -0.39 is 0 Å². The Hall–Kier alpha value is -8.67. The number of nitrogens with zero attached hydrogens (tertiary/aromatic N) is 4. The van der Waals surface area contributed by atoms with Gasteiger partial charge in [0.25, 0.3) is 0 Å². The van der Waals surface area contributed by atoms with Crippen LogP contribution in [-0.4, -0.2) is 16.2 Å². The zero-order valence-electron chi connectivity index (χ0n) is 48.9. The fraction of sp³-hybridized carbons (Fsp3) is 0.224. The summed E-state index contributed by atoms with van der Waals surface area (Å²) in [5, 5.41) is 2.31. The van der Waals surface area contributed by atoms with Gasteiger partial charge in [-0.1, -0.05) is 216 Å². The van der Waals surface area contributed by atoms with E-state index in [4.69, 9.17) is 9.72 Å². The van der Waals surface area contributed by atoms with E-state index in [1.54, 1.807) is 0 Å². The van der Waals surface area contributed by atoms with Crippen LogP contribution in [-0.2, 0) is 16.2 Å². The lowest BCUT2D eigenvalue weighted by Crippen LogP contribution is -2.25. The van der Waals surface area contributed by atoms with E-state index in [1.807, 2.05) is 6.20 Å². The molecular weight excluding hydrogens is 985 g/mol. The van der Waals surface area contributed by atoms with Gasteiger partial charge in [-0.15, -0.1) is 0 Å². The van der Waals surface area contributed by atoms with Crippen LogP contribution in [0.5, 0.6) is 11.5 Å². The number of hydrogen-bond acceptors (Lipinski definition) is 4. The Morgan fingerprint density at radius 3 is 1.67 bits per heavy atom. The number of para-hydroxylation sites is 1. The van der Waals surface area contributed by atoms with Gasteiger partial charge in [-0.05, 0) is 145 Å². The molecular formula is C76H74N4O. The van der Waals surface area contributed by atoms with E-state index in [9.17, 15) is 0 Å². The highest BCUT2D eigenvalue weighted by Gasteiger charge is 2.33. The van der Waals surface area contributed by atoms with Crippen molar-refractivity contribution in [1.29, 1.82) is 0 Å². The topological polar surface area (TPSA) is 33.5 Å². The van der Waals surface area contributed by atoms with E-state index >= 15 is 0 Å². The maximum atomic E-state index is 7.30. The number of pyridine rings is 1. The van der Waals surface area contributed by atoms with Gasteiger partial charge in [0.15, 0.2) is 0 Å². The average Bonchev–Trinajstić information content (AvgIpc) is 4.20. The molecule has 81 heavy (non-hydrogen) atoms. The van der Waals surface area contributed by atoms with E-state index in [-0.39, 0.29) is 16.2 Å². The standard InChI is InChI=1S/C76H74N4O/c1-50(2)64-31-23-32-65(51(3)4)73(64)53-34-37-69-71(42-53)79(49-78(69)60-41-54(52-24-15-12-16-25-52)40-58(43-60)74(5,6)7)61-44-59(76(10,11)56-28-19-14-20-29-56)45-63(47-61)81-62-35-36-67-66-30-21-22-33-68(66)80(70(67)48-62)72-46-57(38-39-77-72)75(8,9)55-26-17-13-18-27-55/h12-48,50-51H,49H2,1-11H3. The highest BCUT2D eigenvalue weighted by Crippen LogP contribution is 2.51. The van der Waals surface area contributed by atoms with E-state index in [0.29, 0.717) is 18.5 Å². The molecule has 0 aliphatic carbocycles. The Morgan fingerprint density at radius 1 is 0.407 bits per heavy atom. The van der Waals surface area contributed by atoms with Crippen molar-refractivity contribution >= 4 is 44.6 Å². The SMILES string of the molecule is CC(C)c1cccc(C(C)C)c1-c1ccc2c(c1)N(c1cc(Oc3ccc4c5ccccc5n(-c5cc(C(C)(C)c6ccccc6)ccn5)c4c3)cc(C(C)(C)c3ccccc3)c1)CN2c1cc(-c2ccccc2)cc(C(C)(C)C)c1. The minimum Gasteiger partial charge on any atom is -0.457 e. The molecule has 0 spiro atoms. The molecule has 404 valence electrons. The highest BCUT2D eigenvalue weighted by atomic mass is 16.5. The molecule has 5 nitrogen and oxygen atoms in total. The number of aromatic nitrogens is 2. The molecule has 11 aromatic rings. The molecule has 0 N–H and O–H groups in total. The Bertz CT molecular complexity index is 4080. The third-order valence-electron chi connectivity index (χ3n) is 17.2. The number of fused-ring (bicyclic) bond motifs is 4. The first-order chi connectivity index (χ1) is 38.9. The molecule has 0 bridgehead atoms. The lowest BCUT2D eigenvalue weighted by atomic mass is 9.78. The van der Waals surface area contributed by atoms with Gasteiger partial charge in [-0.3, -0.25) is 4.57 Å². The van der Waals surface area contributed by atoms with Crippen LogP contribution >= 0.6 is 0 Å². The Balaban J connectivity index is 1.03. The van der Waals surface area contributed by atoms with Crippen molar-refractivity contribution in [2.75, 3.05) is 16.5 Å². The van der Waals surface area contributed by atoms with Gasteiger partial charge in [0, 0.05) is 51.3 Å². The maximum Gasteiger partial charge on any atom is 0.137 e. The number of hydrogen-bond donors (Lipinski definition) is 0. The smallest absolute Gasteiger partial charge is 0.137 e. The van der Waals surface area contributed by atoms with Crippen LogP contribution in [0, 0.1) is 0 Å². The van der Waals surface area contributed by atoms with Gasteiger partial charge < -0.3 is 14.5 Å². The van der Waals surface area contributed by atoms with Crippen LogP contribution in [0.4, 0.5) is 22.7 Å². The molecule has 0 fully saturated rings. The van der Waals surface area contributed by atoms with E-state index in [1.165, 1.54) is 61.0 Å². The second kappa shape index (κ2) is 20.8. The average molecular weight is 1060 g/mol. The Kier molecular flexibility index (Phi) is 13.6. The summed E-state index contributed by atoms with van der Waals surface area (Å²) in [7, 11) is 0. The van der Waals surface area contributed by atoms with Gasteiger partial charge >= 0.3 is 0 Å².